The van der Waals surface area contributed by atoms with Crippen LogP contribution in [0.4, 0.5) is 0 Å². The highest BCUT2D eigenvalue weighted by Crippen LogP contribution is 2.42. The summed E-state index contributed by atoms with van der Waals surface area (Å²) in [6.45, 7) is 4.85. The number of aromatic nitrogens is 3. The lowest BCUT2D eigenvalue weighted by molar-refractivity contribution is -0.133. The van der Waals surface area contributed by atoms with E-state index in [0.717, 1.165) is 61.6 Å². The summed E-state index contributed by atoms with van der Waals surface area (Å²) in [5, 5.41) is 1.19. The van der Waals surface area contributed by atoms with E-state index in [9.17, 15) is 9.59 Å². The standard InChI is InChI=1S/C33H38N6O3/c1-18(40)37-15-23(16-37)24-6-4-5-20-12-27(38(30(20)24)14-19-7-8-19)32-35-25-11-22(13-28(42-3)31(25)36(32)2)33(41)39-17-21-9-10-26(39)29(21)34/h4-6,11-13,19,21,23,26,29H,7-10,14-17,34H2,1-3H3/t21-,26-,29-/m1/s1. The number of hydrogen-bond acceptors (Lipinski definition) is 5. The maximum Gasteiger partial charge on any atom is 0.254 e. The lowest BCUT2D eigenvalue weighted by Gasteiger charge is -2.39. The quantitative estimate of drug-likeness (QED) is 0.379. The molecule has 0 unspecified atom stereocenters. The molecule has 4 aliphatic rings. The number of carbonyl (C=O) groups is 2. The fourth-order valence-electron chi connectivity index (χ4n) is 7.82. The van der Waals surface area contributed by atoms with Crippen LogP contribution in [0.5, 0.6) is 5.75 Å². The number of piperidine rings is 1. The van der Waals surface area contributed by atoms with Crippen molar-refractivity contribution in [2.24, 2.45) is 24.6 Å². The van der Waals surface area contributed by atoms with Gasteiger partial charge in [0.2, 0.25) is 5.91 Å². The van der Waals surface area contributed by atoms with Gasteiger partial charge in [0.05, 0.1) is 23.8 Å². The molecule has 4 aromatic rings. The van der Waals surface area contributed by atoms with Crippen molar-refractivity contribution in [2.75, 3.05) is 26.7 Å². The Kier molecular flexibility index (Phi) is 5.74. The van der Waals surface area contributed by atoms with Crippen LogP contribution in [0.1, 0.15) is 54.4 Å². The summed E-state index contributed by atoms with van der Waals surface area (Å²) in [5.41, 5.74) is 12.3. The van der Waals surface area contributed by atoms with E-state index < -0.39 is 0 Å². The van der Waals surface area contributed by atoms with E-state index in [-0.39, 0.29) is 23.9 Å². The SMILES string of the molecule is COc1cc(C(=O)N2C[C@H]3CC[C@@H]2[C@@H]3N)cc2nc(-c3cc4cccc(C5CN(C(C)=O)C5)c4n3CC3CC3)n(C)c12. The molecule has 2 bridgehead atoms. The van der Waals surface area contributed by atoms with Crippen LogP contribution in [0.2, 0.25) is 0 Å². The summed E-state index contributed by atoms with van der Waals surface area (Å²) < 4.78 is 10.4. The van der Waals surface area contributed by atoms with Gasteiger partial charge >= 0.3 is 0 Å². The van der Waals surface area contributed by atoms with Gasteiger partial charge in [0.15, 0.2) is 5.82 Å². The molecule has 2 amide bonds. The highest BCUT2D eigenvalue weighted by Gasteiger charge is 2.47. The summed E-state index contributed by atoms with van der Waals surface area (Å²) >= 11 is 0. The van der Waals surface area contributed by atoms with Crippen molar-refractivity contribution in [3.05, 3.63) is 47.5 Å². The molecule has 0 radical (unpaired) electrons. The largest absolute Gasteiger partial charge is 0.494 e. The average Bonchev–Trinajstić information content (AvgIpc) is 3.34. The van der Waals surface area contributed by atoms with E-state index in [1.807, 2.05) is 29.0 Å². The number of imidazole rings is 1. The Morgan fingerprint density at radius 3 is 2.52 bits per heavy atom. The lowest BCUT2D eigenvalue weighted by Crippen LogP contribution is -2.47. The van der Waals surface area contributed by atoms with E-state index in [2.05, 4.69) is 33.4 Å². The number of methoxy groups -OCH3 is 1. The van der Waals surface area contributed by atoms with Crippen molar-refractivity contribution < 1.29 is 14.3 Å². The molecular weight excluding hydrogens is 528 g/mol. The first-order chi connectivity index (χ1) is 20.3. The molecule has 3 atom stereocenters. The van der Waals surface area contributed by atoms with Gasteiger partial charge in [-0.1, -0.05) is 18.2 Å². The zero-order valence-electron chi connectivity index (χ0n) is 24.5. The predicted molar refractivity (Wildman–Crippen MR) is 161 cm³/mol. The van der Waals surface area contributed by atoms with E-state index in [1.165, 1.54) is 29.3 Å². The minimum absolute atomic E-state index is 0.0117. The molecule has 2 aromatic carbocycles. The zero-order chi connectivity index (χ0) is 28.9. The third-order valence-corrected chi connectivity index (χ3v) is 10.4. The second kappa shape index (κ2) is 9.33. The van der Waals surface area contributed by atoms with Gasteiger partial charge in [-0.3, -0.25) is 9.59 Å². The molecular formula is C33H38N6O3. The average molecular weight is 567 g/mol. The summed E-state index contributed by atoms with van der Waals surface area (Å²) in [6, 6.07) is 12.8. The summed E-state index contributed by atoms with van der Waals surface area (Å²) in [4.78, 5) is 34.7. The number of benzene rings is 2. The molecule has 4 heterocycles. The van der Waals surface area contributed by atoms with Gasteiger partial charge in [-0.2, -0.15) is 0 Å². The molecule has 9 heteroatoms. The predicted octanol–water partition coefficient (Wildman–Crippen LogP) is 4.12. The molecule has 42 heavy (non-hydrogen) atoms. The molecule has 2 saturated carbocycles. The zero-order valence-corrected chi connectivity index (χ0v) is 24.5. The number of aryl methyl sites for hydroxylation is 1. The molecule has 2 saturated heterocycles. The van der Waals surface area contributed by atoms with Gasteiger partial charge in [-0.05, 0) is 61.3 Å². The number of likely N-dealkylation sites (tertiary alicyclic amines) is 2. The maximum absolute atomic E-state index is 13.7. The van der Waals surface area contributed by atoms with Crippen molar-refractivity contribution in [1.29, 1.82) is 0 Å². The van der Waals surface area contributed by atoms with Crippen LogP contribution in [0.3, 0.4) is 0 Å². The van der Waals surface area contributed by atoms with Crippen LogP contribution >= 0.6 is 0 Å². The van der Waals surface area contributed by atoms with Gasteiger partial charge in [0.1, 0.15) is 11.3 Å². The third-order valence-electron chi connectivity index (χ3n) is 10.4. The Morgan fingerprint density at radius 1 is 1.05 bits per heavy atom. The number of ether oxygens (including phenoxy) is 1. The molecule has 218 valence electrons. The summed E-state index contributed by atoms with van der Waals surface area (Å²) in [6.07, 6.45) is 4.57. The Hall–Kier alpha value is -3.85. The number of amides is 2. The molecule has 4 fully saturated rings. The normalized spacial score (nSPS) is 23.8. The highest BCUT2D eigenvalue weighted by molar-refractivity contribution is 6.00. The summed E-state index contributed by atoms with van der Waals surface area (Å²) in [5.74, 6) is 3.05. The smallest absolute Gasteiger partial charge is 0.254 e. The van der Waals surface area contributed by atoms with Crippen molar-refractivity contribution in [3.63, 3.8) is 0 Å². The fraction of sp³-hybridized carbons (Fsp3) is 0.485. The van der Waals surface area contributed by atoms with E-state index in [1.54, 1.807) is 14.0 Å². The first-order valence-corrected chi connectivity index (χ1v) is 15.3. The van der Waals surface area contributed by atoms with E-state index in [4.69, 9.17) is 15.5 Å². The lowest BCUT2D eigenvalue weighted by atomic mass is 9.90. The van der Waals surface area contributed by atoms with Crippen molar-refractivity contribution in [2.45, 2.75) is 57.2 Å². The first kappa shape index (κ1) is 25.8. The number of carbonyl (C=O) groups excluding carboxylic acids is 2. The molecule has 2 aliphatic heterocycles. The van der Waals surface area contributed by atoms with Gasteiger partial charge < -0.3 is 29.4 Å². The second-order valence-corrected chi connectivity index (χ2v) is 13.0. The van der Waals surface area contributed by atoms with Crippen LogP contribution in [0.25, 0.3) is 33.5 Å². The second-order valence-electron chi connectivity index (χ2n) is 13.0. The minimum atomic E-state index is 0.0117. The Morgan fingerprint density at radius 2 is 1.86 bits per heavy atom. The van der Waals surface area contributed by atoms with Crippen molar-refractivity contribution in [3.8, 4) is 17.3 Å². The Labute approximate surface area is 245 Å². The fourth-order valence-corrected chi connectivity index (χ4v) is 7.82. The molecule has 2 N–H and O–H groups in total. The minimum Gasteiger partial charge on any atom is -0.494 e. The summed E-state index contributed by atoms with van der Waals surface area (Å²) in [7, 11) is 3.69. The number of rotatable bonds is 6. The number of nitrogens with zero attached hydrogens (tertiary/aromatic N) is 5. The topological polar surface area (TPSA) is 98.6 Å². The highest BCUT2D eigenvalue weighted by atomic mass is 16.5. The van der Waals surface area contributed by atoms with Crippen LogP contribution in [0.15, 0.2) is 36.4 Å². The number of hydrogen-bond donors (Lipinski definition) is 1. The van der Waals surface area contributed by atoms with E-state index >= 15 is 0 Å². The van der Waals surface area contributed by atoms with Gasteiger partial charge in [0, 0.05) is 69.1 Å². The monoisotopic (exact) mass is 566 g/mol. The number of para-hydroxylation sites is 1. The van der Waals surface area contributed by atoms with E-state index in [0.29, 0.717) is 29.1 Å². The van der Waals surface area contributed by atoms with Crippen LogP contribution < -0.4 is 10.5 Å². The number of fused-ring (bicyclic) bond motifs is 4. The van der Waals surface area contributed by atoms with Gasteiger partial charge in [-0.25, -0.2) is 4.98 Å². The molecule has 8 rings (SSSR count). The Balaban J connectivity index is 1.23. The van der Waals surface area contributed by atoms with Crippen LogP contribution in [-0.2, 0) is 18.4 Å². The maximum atomic E-state index is 13.7. The Bertz CT molecular complexity index is 1760. The van der Waals surface area contributed by atoms with Crippen molar-refractivity contribution in [1.82, 2.24) is 23.9 Å². The van der Waals surface area contributed by atoms with Crippen molar-refractivity contribution >= 4 is 33.8 Å². The van der Waals surface area contributed by atoms with Crippen LogP contribution in [0, 0.1) is 11.8 Å². The van der Waals surface area contributed by atoms with Crippen LogP contribution in [-0.4, -0.2) is 74.6 Å². The third kappa shape index (κ3) is 3.82. The first-order valence-electron chi connectivity index (χ1n) is 15.3. The van der Waals surface area contributed by atoms with Gasteiger partial charge in [-0.15, -0.1) is 0 Å². The molecule has 9 nitrogen and oxygen atoms in total. The molecule has 0 spiro atoms. The molecule has 2 aliphatic carbocycles. The van der Waals surface area contributed by atoms with Gasteiger partial charge in [0.25, 0.3) is 5.91 Å². The number of nitrogens with two attached hydrogens (primary N) is 1. The molecule has 2 aromatic heterocycles.